The van der Waals surface area contributed by atoms with Crippen molar-refractivity contribution in [3.63, 3.8) is 0 Å². The summed E-state index contributed by atoms with van der Waals surface area (Å²) in [5.41, 5.74) is 0.904. The Hall–Kier alpha value is -2.71. The van der Waals surface area contributed by atoms with Crippen LogP contribution in [0.25, 0.3) is 11.2 Å². The number of rotatable bonds is 4. The van der Waals surface area contributed by atoms with Crippen LogP contribution in [0, 0.1) is 0 Å². The zero-order valence-corrected chi connectivity index (χ0v) is 14.3. The zero-order valence-electron chi connectivity index (χ0n) is 14.3. The number of carbonyl (C=O) groups is 1. The summed E-state index contributed by atoms with van der Waals surface area (Å²) in [7, 11) is 0. The third-order valence-corrected chi connectivity index (χ3v) is 4.43. The first kappa shape index (κ1) is 17.1. The van der Waals surface area contributed by atoms with E-state index in [0.29, 0.717) is 17.1 Å². The van der Waals surface area contributed by atoms with E-state index in [4.69, 9.17) is 5.11 Å². The Morgan fingerprint density at radius 3 is 2.52 bits per heavy atom. The van der Waals surface area contributed by atoms with Crippen LogP contribution >= 0.6 is 0 Å². The Bertz CT molecular complexity index is 826. The molecule has 0 aliphatic heterocycles. The number of hydrogen-bond donors (Lipinski definition) is 3. The molecule has 1 saturated carbocycles. The number of aromatic nitrogens is 4. The van der Waals surface area contributed by atoms with Gasteiger partial charge in [0.25, 0.3) is 5.56 Å². The second-order valence-corrected chi connectivity index (χ2v) is 6.61. The Morgan fingerprint density at radius 2 is 1.88 bits per heavy atom. The minimum Gasteiger partial charge on any atom is -0.465 e. The lowest BCUT2D eigenvalue weighted by atomic mass is 9.91. The van der Waals surface area contributed by atoms with Crippen LogP contribution < -0.4 is 16.2 Å². The van der Waals surface area contributed by atoms with Gasteiger partial charge in [-0.3, -0.25) is 9.36 Å². The molecule has 0 atom stereocenters. The number of anilines is 1. The predicted molar refractivity (Wildman–Crippen MR) is 92.8 cm³/mol. The fourth-order valence-electron chi connectivity index (χ4n) is 3.23. The molecule has 9 nitrogen and oxygen atoms in total. The lowest BCUT2D eigenvalue weighted by molar-refractivity contribution is 0.185. The molecule has 1 amide bonds. The minimum absolute atomic E-state index is 0.00314. The molecule has 0 aromatic carbocycles. The highest BCUT2D eigenvalue weighted by atomic mass is 16.4. The Morgan fingerprint density at radius 1 is 1.20 bits per heavy atom. The first-order valence-electron chi connectivity index (χ1n) is 8.44. The third kappa shape index (κ3) is 3.86. The SMILES string of the molecule is CC(C)n1c(=O)cnc2cnc(N[C@H]3CC[C@H](NC(=O)O)CC3)nc21. The summed E-state index contributed by atoms with van der Waals surface area (Å²) in [6, 6.07) is 0.155. The first-order valence-corrected chi connectivity index (χ1v) is 8.44. The lowest BCUT2D eigenvalue weighted by Crippen LogP contribution is -2.39. The number of fused-ring (bicyclic) bond motifs is 1. The number of carboxylic acid groups (broad SMARTS) is 1. The van der Waals surface area contributed by atoms with Gasteiger partial charge in [-0.1, -0.05) is 0 Å². The molecule has 0 radical (unpaired) electrons. The van der Waals surface area contributed by atoms with Gasteiger partial charge in [-0.25, -0.2) is 14.8 Å². The third-order valence-electron chi connectivity index (χ3n) is 4.43. The molecule has 1 aliphatic rings. The molecule has 25 heavy (non-hydrogen) atoms. The molecule has 3 rings (SSSR count). The van der Waals surface area contributed by atoms with Crippen LogP contribution in [-0.4, -0.2) is 42.8 Å². The van der Waals surface area contributed by atoms with Gasteiger partial charge in [0, 0.05) is 18.1 Å². The molecule has 0 saturated heterocycles. The fourth-order valence-corrected chi connectivity index (χ4v) is 3.23. The molecule has 2 aromatic heterocycles. The summed E-state index contributed by atoms with van der Waals surface area (Å²) >= 11 is 0. The zero-order chi connectivity index (χ0) is 18.0. The molecule has 1 fully saturated rings. The van der Waals surface area contributed by atoms with E-state index < -0.39 is 6.09 Å². The molecule has 0 unspecified atom stereocenters. The maximum atomic E-state index is 12.1. The molecular weight excluding hydrogens is 324 g/mol. The highest BCUT2D eigenvalue weighted by Gasteiger charge is 2.23. The van der Waals surface area contributed by atoms with Crippen molar-refractivity contribution in [1.82, 2.24) is 24.8 Å². The Labute approximate surface area is 144 Å². The minimum atomic E-state index is -0.978. The van der Waals surface area contributed by atoms with Crippen molar-refractivity contribution in [2.75, 3.05) is 5.32 Å². The van der Waals surface area contributed by atoms with Crippen LogP contribution in [-0.2, 0) is 0 Å². The van der Waals surface area contributed by atoms with E-state index in [2.05, 4.69) is 25.6 Å². The smallest absolute Gasteiger partial charge is 0.404 e. The molecule has 9 heteroatoms. The lowest BCUT2D eigenvalue weighted by Gasteiger charge is -2.28. The summed E-state index contributed by atoms with van der Waals surface area (Å²) in [5.74, 6) is 0.462. The van der Waals surface area contributed by atoms with Crippen LogP contribution in [0.15, 0.2) is 17.2 Å². The average Bonchev–Trinajstić information content (AvgIpc) is 2.55. The molecule has 0 bridgehead atoms. The normalized spacial score (nSPS) is 20.6. The van der Waals surface area contributed by atoms with Gasteiger partial charge in [0.15, 0.2) is 5.65 Å². The van der Waals surface area contributed by atoms with Crippen LogP contribution in [0.3, 0.4) is 0 Å². The van der Waals surface area contributed by atoms with Gasteiger partial charge in [0.1, 0.15) is 5.52 Å². The second-order valence-electron chi connectivity index (χ2n) is 6.61. The Kier molecular flexibility index (Phi) is 4.82. The summed E-state index contributed by atoms with van der Waals surface area (Å²) in [6.45, 7) is 3.85. The molecule has 134 valence electrons. The average molecular weight is 346 g/mol. The number of nitrogens with one attached hydrogen (secondary N) is 2. The van der Waals surface area contributed by atoms with Gasteiger partial charge in [-0.2, -0.15) is 4.98 Å². The van der Waals surface area contributed by atoms with Crippen LogP contribution in [0.1, 0.15) is 45.6 Å². The standard InChI is InChI=1S/C16H22N6O3/c1-9(2)22-13(23)8-17-12-7-18-15(21-14(12)22)19-10-3-5-11(6-4-10)20-16(24)25/h7-11,20H,3-6H2,1-2H3,(H,24,25)(H,18,19,21)/t10-,11-. The van der Waals surface area contributed by atoms with E-state index >= 15 is 0 Å². The van der Waals surface area contributed by atoms with Gasteiger partial charge in [0.2, 0.25) is 5.95 Å². The van der Waals surface area contributed by atoms with Gasteiger partial charge in [0.05, 0.1) is 12.4 Å². The maximum absolute atomic E-state index is 12.1. The van der Waals surface area contributed by atoms with Gasteiger partial charge >= 0.3 is 6.09 Å². The van der Waals surface area contributed by atoms with Crippen LogP contribution in [0.4, 0.5) is 10.7 Å². The molecule has 3 N–H and O–H groups in total. The van der Waals surface area contributed by atoms with E-state index in [1.165, 1.54) is 6.20 Å². The number of amides is 1. The number of hydrogen-bond acceptors (Lipinski definition) is 6. The van der Waals surface area contributed by atoms with Crippen molar-refractivity contribution in [3.8, 4) is 0 Å². The van der Waals surface area contributed by atoms with Crippen molar-refractivity contribution in [3.05, 3.63) is 22.7 Å². The largest absolute Gasteiger partial charge is 0.465 e. The van der Waals surface area contributed by atoms with Crippen molar-refractivity contribution >= 4 is 23.2 Å². The highest BCUT2D eigenvalue weighted by Crippen LogP contribution is 2.22. The highest BCUT2D eigenvalue weighted by molar-refractivity contribution is 5.70. The van der Waals surface area contributed by atoms with Gasteiger partial charge < -0.3 is 15.7 Å². The predicted octanol–water partition coefficient (Wildman–Crippen LogP) is 1.76. The molecule has 2 heterocycles. The van der Waals surface area contributed by atoms with E-state index in [0.717, 1.165) is 25.7 Å². The summed E-state index contributed by atoms with van der Waals surface area (Å²) < 4.78 is 1.60. The van der Waals surface area contributed by atoms with E-state index in [1.807, 2.05) is 13.8 Å². The summed E-state index contributed by atoms with van der Waals surface area (Å²) in [6.07, 6.45) is 5.13. The Balaban J connectivity index is 1.76. The van der Waals surface area contributed by atoms with E-state index in [1.54, 1.807) is 10.8 Å². The monoisotopic (exact) mass is 346 g/mol. The van der Waals surface area contributed by atoms with Gasteiger partial charge in [-0.05, 0) is 39.5 Å². The van der Waals surface area contributed by atoms with E-state index in [-0.39, 0.29) is 23.7 Å². The van der Waals surface area contributed by atoms with Crippen LogP contribution in [0.5, 0.6) is 0 Å². The van der Waals surface area contributed by atoms with Crippen molar-refractivity contribution in [2.45, 2.75) is 57.7 Å². The van der Waals surface area contributed by atoms with Crippen molar-refractivity contribution in [1.29, 1.82) is 0 Å². The summed E-state index contributed by atoms with van der Waals surface area (Å²) in [4.78, 5) is 35.6. The summed E-state index contributed by atoms with van der Waals surface area (Å²) in [5, 5.41) is 14.6. The quantitative estimate of drug-likeness (QED) is 0.771. The maximum Gasteiger partial charge on any atom is 0.404 e. The topological polar surface area (TPSA) is 122 Å². The van der Waals surface area contributed by atoms with Crippen molar-refractivity contribution in [2.24, 2.45) is 0 Å². The van der Waals surface area contributed by atoms with Crippen molar-refractivity contribution < 1.29 is 9.90 Å². The van der Waals surface area contributed by atoms with Gasteiger partial charge in [-0.15, -0.1) is 0 Å². The van der Waals surface area contributed by atoms with Crippen LogP contribution in [0.2, 0.25) is 0 Å². The second kappa shape index (κ2) is 7.04. The molecule has 0 spiro atoms. The molecular formula is C16H22N6O3. The van der Waals surface area contributed by atoms with E-state index in [9.17, 15) is 9.59 Å². The number of nitrogens with zero attached hydrogens (tertiary/aromatic N) is 4. The first-order chi connectivity index (χ1) is 11.9. The molecule has 2 aromatic rings. The fraction of sp³-hybridized carbons (Fsp3) is 0.562. The molecule has 1 aliphatic carbocycles.